The lowest BCUT2D eigenvalue weighted by Crippen LogP contribution is -2.36. The van der Waals surface area contributed by atoms with Crippen LogP contribution in [0.25, 0.3) is 11.1 Å². The van der Waals surface area contributed by atoms with E-state index >= 15 is 0 Å². The topological polar surface area (TPSA) is 107 Å². The number of carboxylic acids is 1. The van der Waals surface area contributed by atoms with Crippen molar-refractivity contribution in [3.05, 3.63) is 82.9 Å². The number of amides is 1. The first-order chi connectivity index (χ1) is 15.3. The van der Waals surface area contributed by atoms with Gasteiger partial charge in [0.15, 0.2) is 0 Å². The van der Waals surface area contributed by atoms with Gasteiger partial charge in [-0.15, -0.1) is 0 Å². The minimum absolute atomic E-state index is 0.0122. The molecule has 1 aliphatic carbocycles. The summed E-state index contributed by atoms with van der Waals surface area (Å²) in [7, 11) is -0.413. The number of carbonyl (C=O) groups excluding carboxylic acids is 1. The summed E-state index contributed by atoms with van der Waals surface area (Å²) in [5.74, 6) is -1.35. The fraction of sp³-hybridized carbons (Fsp3) is 0.167. The smallest absolute Gasteiger partial charge is 0.478 e. The van der Waals surface area contributed by atoms with E-state index in [9.17, 15) is 24.7 Å². The molecule has 0 aliphatic heterocycles. The number of carboxylic acid groups (broad SMARTS) is 1. The number of carbonyl (C=O) groups is 2. The molecule has 3 aromatic carbocycles. The molecular formula is C24H22BNO6. The summed E-state index contributed by atoms with van der Waals surface area (Å²) in [6, 6.07) is 18.5. The molecule has 0 unspecified atom stereocenters. The van der Waals surface area contributed by atoms with Crippen LogP contribution in [0.5, 0.6) is 0 Å². The Morgan fingerprint density at radius 3 is 2.09 bits per heavy atom. The Morgan fingerprint density at radius 2 is 1.56 bits per heavy atom. The van der Waals surface area contributed by atoms with Gasteiger partial charge >= 0.3 is 19.2 Å². The minimum atomic E-state index is -1.87. The molecule has 0 heterocycles. The number of aromatic carboxylic acids is 1. The average molecular weight is 431 g/mol. The van der Waals surface area contributed by atoms with Gasteiger partial charge in [0.1, 0.15) is 6.61 Å². The van der Waals surface area contributed by atoms with Crippen LogP contribution < -0.4 is 10.4 Å². The first kappa shape index (κ1) is 21.6. The van der Waals surface area contributed by atoms with Gasteiger partial charge in [-0.1, -0.05) is 48.5 Å². The van der Waals surface area contributed by atoms with E-state index in [0.29, 0.717) is 5.56 Å². The number of anilines is 1. The molecule has 8 heteroatoms. The maximum atomic E-state index is 12.9. The van der Waals surface area contributed by atoms with Crippen LogP contribution in [0, 0.1) is 6.92 Å². The summed E-state index contributed by atoms with van der Waals surface area (Å²) in [6.45, 7) is 1.70. The molecule has 7 nitrogen and oxygen atoms in total. The second kappa shape index (κ2) is 8.49. The Kier molecular flexibility index (Phi) is 5.73. The molecular weight excluding hydrogens is 409 g/mol. The van der Waals surface area contributed by atoms with Crippen LogP contribution in [-0.2, 0) is 4.74 Å². The molecule has 0 bridgehead atoms. The predicted molar refractivity (Wildman–Crippen MR) is 121 cm³/mol. The molecule has 1 amide bonds. The zero-order chi connectivity index (χ0) is 23.0. The fourth-order valence-electron chi connectivity index (χ4n) is 4.25. The second-order valence-electron chi connectivity index (χ2n) is 7.75. The number of hydrogen-bond donors (Lipinski definition) is 3. The Balaban J connectivity index is 1.59. The lowest BCUT2D eigenvalue weighted by molar-refractivity contribution is 0.0697. The molecule has 3 aromatic rings. The van der Waals surface area contributed by atoms with Gasteiger partial charge in [-0.25, -0.2) is 9.59 Å². The average Bonchev–Trinajstić information content (AvgIpc) is 3.10. The molecule has 1 aliphatic rings. The Morgan fingerprint density at radius 1 is 1.00 bits per heavy atom. The zero-order valence-corrected chi connectivity index (χ0v) is 17.6. The Labute approximate surface area is 185 Å². The van der Waals surface area contributed by atoms with Gasteiger partial charge in [-0.05, 0) is 52.3 Å². The third-order valence-corrected chi connectivity index (χ3v) is 5.92. The maximum absolute atomic E-state index is 12.9. The summed E-state index contributed by atoms with van der Waals surface area (Å²) in [6.07, 6.45) is -0.670. The summed E-state index contributed by atoms with van der Waals surface area (Å²) in [4.78, 5) is 25.5. The lowest BCUT2D eigenvalue weighted by atomic mass is 9.76. The number of ether oxygens (including phenoxy) is 1. The maximum Gasteiger partial charge on any atom is 0.488 e. The highest BCUT2D eigenvalue weighted by atomic mass is 16.6. The van der Waals surface area contributed by atoms with Crippen molar-refractivity contribution in [2.45, 2.75) is 12.8 Å². The van der Waals surface area contributed by atoms with Gasteiger partial charge < -0.3 is 19.9 Å². The SMILES string of the molecule is Cc1c(B(O)O)cc(C(=O)O)cc1N(C)C(=O)OCC1c2ccccc2-c2ccccc21. The van der Waals surface area contributed by atoms with E-state index in [1.54, 1.807) is 6.92 Å². The van der Waals surface area contributed by atoms with E-state index in [0.717, 1.165) is 22.3 Å². The van der Waals surface area contributed by atoms with Crippen molar-refractivity contribution in [2.75, 3.05) is 18.6 Å². The van der Waals surface area contributed by atoms with Crippen LogP contribution in [0.4, 0.5) is 10.5 Å². The number of nitrogens with zero attached hydrogens (tertiary/aromatic N) is 1. The monoisotopic (exact) mass is 431 g/mol. The van der Waals surface area contributed by atoms with E-state index in [2.05, 4.69) is 0 Å². The van der Waals surface area contributed by atoms with Crippen molar-refractivity contribution in [3.8, 4) is 11.1 Å². The minimum Gasteiger partial charge on any atom is -0.478 e. The second-order valence-corrected chi connectivity index (χ2v) is 7.75. The molecule has 0 aromatic heterocycles. The van der Waals surface area contributed by atoms with E-state index in [-0.39, 0.29) is 29.2 Å². The third-order valence-electron chi connectivity index (χ3n) is 5.92. The molecule has 3 N–H and O–H groups in total. The summed E-state index contributed by atoms with van der Waals surface area (Å²) < 4.78 is 5.63. The van der Waals surface area contributed by atoms with Gasteiger partial charge in [0.2, 0.25) is 0 Å². The number of fused-ring (bicyclic) bond motifs is 3. The lowest BCUT2D eigenvalue weighted by Gasteiger charge is -2.23. The van der Waals surface area contributed by atoms with Crippen molar-refractivity contribution in [3.63, 3.8) is 0 Å². The molecule has 0 saturated heterocycles. The quantitative estimate of drug-likeness (QED) is 0.537. The third kappa shape index (κ3) is 3.74. The van der Waals surface area contributed by atoms with Gasteiger partial charge in [-0.3, -0.25) is 4.90 Å². The summed E-state index contributed by atoms with van der Waals surface area (Å²) in [5.41, 5.74) is 4.85. The van der Waals surface area contributed by atoms with E-state index in [1.165, 1.54) is 24.1 Å². The van der Waals surface area contributed by atoms with E-state index < -0.39 is 19.2 Å². The van der Waals surface area contributed by atoms with Gasteiger partial charge in [0, 0.05) is 13.0 Å². The highest BCUT2D eigenvalue weighted by Crippen LogP contribution is 2.44. The number of benzene rings is 3. The molecule has 0 spiro atoms. The van der Waals surface area contributed by atoms with E-state index in [1.807, 2.05) is 48.5 Å². The standard InChI is InChI=1S/C24H22BNO6/c1-14-21(25(30)31)11-15(23(27)28)12-22(14)26(2)24(29)32-13-20-18-9-5-3-7-16(18)17-8-4-6-10-19(17)20/h3-12,20,30-31H,13H2,1-2H3,(H,27,28). The van der Waals surface area contributed by atoms with Crippen LogP contribution in [0.1, 0.15) is 33.0 Å². The molecule has 0 fully saturated rings. The van der Waals surface area contributed by atoms with Crippen LogP contribution in [0.2, 0.25) is 0 Å². The van der Waals surface area contributed by atoms with Gasteiger partial charge in [0.05, 0.1) is 11.3 Å². The molecule has 0 atom stereocenters. The molecule has 32 heavy (non-hydrogen) atoms. The Hall–Kier alpha value is -3.62. The van der Waals surface area contributed by atoms with Crippen molar-refractivity contribution in [1.82, 2.24) is 0 Å². The van der Waals surface area contributed by atoms with E-state index in [4.69, 9.17) is 4.74 Å². The van der Waals surface area contributed by atoms with Crippen molar-refractivity contribution in [1.29, 1.82) is 0 Å². The normalized spacial score (nSPS) is 12.1. The van der Waals surface area contributed by atoms with Crippen molar-refractivity contribution >= 4 is 30.3 Å². The fourth-order valence-corrected chi connectivity index (χ4v) is 4.25. The molecule has 162 valence electrons. The van der Waals surface area contributed by atoms with Crippen LogP contribution >= 0.6 is 0 Å². The summed E-state index contributed by atoms with van der Waals surface area (Å²) >= 11 is 0. The van der Waals surface area contributed by atoms with Gasteiger partial charge in [0.25, 0.3) is 0 Å². The number of rotatable bonds is 5. The van der Waals surface area contributed by atoms with Crippen molar-refractivity contribution in [2.24, 2.45) is 0 Å². The predicted octanol–water partition coefficient (Wildman–Crippen LogP) is 2.76. The molecule has 0 saturated carbocycles. The summed E-state index contributed by atoms with van der Waals surface area (Å²) in [5, 5.41) is 28.6. The highest BCUT2D eigenvalue weighted by molar-refractivity contribution is 6.59. The van der Waals surface area contributed by atoms with Crippen molar-refractivity contribution < 1.29 is 29.5 Å². The Bertz CT molecular complexity index is 1160. The van der Waals surface area contributed by atoms with Crippen LogP contribution in [0.15, 0.2) is 60.7 Å². The largest absolute Gasteiger partial charge is 0.488 e. The highest BCUT2D eigenvalue weighted by Gasteiger charge is 2.30. The van der Waals surface area contributed by atoms with Crippen LogP contribution in [0.3, 0.4) is 0 Å². The molecule has 4 rings (SSSR count). The number of hydrogen-bond acceptors (Lipinski definition) is 5. The first-order valence-corrected chi connectivity index (χ1v) is 10.1. The zero-order valence-electron chi connectivity index (χ0n) is 17.6. The first-order valence-electron chi connectivity index (χ1n) is 10.1. The van der Waals surface area contributed by atoms with Crippen LogP contribution in [-0.4, -0.2) is 48.0 Å². The van der Waals surface area contributed by atoms with Gasteiger partial charge in [-0.2, -0.15) is 0 Å². The molecule has 0 radical (unpaired) electrons.